The average molecular weight is 208 g/mol. The number of alkyl halides is 1. The Bertz CT molecular complexity index is 304. The van der Waals surface area contributed by atoms with Crippen LogP contribution in [0.2, 0.25) is 0 Å². The van der Waals surface area contributed by atoms with Crippen LogP contribution in [-0.2, 0) is 0 Å². The number of benzene rings is 1. The first-order valence-corrected chi connectivity index (χ1v) is 5.80. The zero-order valence-corrected chi connectivity index (χ0v) is 10.1. The molecule has 1 aromatic rings. The number of hydrogen-bond donors (Lipinski definition) is 0. The summed E-state index contributed by atoms with van der Waals surface area (Å²) in [6.45, 7) is 8.25. The van der Waals surface area contributed by atoms with Gasteiger partial charge in [-0.3, -0.25) is 0 Å². The Kier molecular flexibility index (Phi) is 4.31. The van der Waals surface area contributed by atoms with Crippen molar-refractivity contribution in [3.05, 3.63) is 35.4 Å². The molecule has 0 aliphatic rings. The molecule has 15 heavy (non-hydrogen) atoms. The lowest BCUT2D eigenvalue weighted by atomic mass is 9.86. The fourth-order valence-electron chi connectivity index (χ4n) is 1.77. The van der Waals surface area contributed by atoms with Crippen LogP contribution in [0.5, 0.6) is 0 Å². The molecule has 0 radical (unpaired) electrons. The fraction of sp³-hybridized carbons (Fsp3) is 0.571. The minimum atomic E-state index is -0.867. The van der Waals surface area contributed by atoms with E-state index in [2.05, 4.69) is 26.8 Å². The molecule has 0 saturated carbocycles. The first kappa shape index (κ1) is 12.2. The third kappa shape index (κ3) is 3.05. The van der Waals surface area contributed by atoms with Gasteiger partial charge in [0.1, 0.15) is 6.17 Å². The van der Waals surface area contributed by atoms with Gasteiger partial charge in [0.05, 0.1) is 0 Å². The third-order valence-corrected chi connectivity index (χ3v) is 3.39. The molecule has 0 amide bonds. The minimum absolute atomic E-state index is 0.508. The van der Waals surface area contributed by atoms with Gasteiger partial charge in [-0.15, -0.1) is 0 Å². The molecule has 0 spiro atoms. The van der Waals surface area contributed by atoms with E-state index < -0.39 is 6.17 Å². The van der Waals surface area contributed by atoms with Crippen LogP contribution in [0.15, 0.2) is 24.3 Å². The van der Waals surface area contributed by atoms with Gasteiger partial charge in [0, 0.05) is 0 Å². The van der Waals surface area contributed by atoms with Gasteiger partial charge in [0.2, 0.25) is 0 Å². The molecular weight excluding hydrogens is 187 g/mol. The highest BCUT2D eigenvalue weighted by atomic mass is 19.1. The van der Waals surface area contributed by atoms with Crippen LogP contribution in [0.3, 0.4) is 0 Å². The Morgan fingerprint density at radius 2 is 1.73 bits per heavy atom. The van der Waals surface area contributed by atoms with Gasteiger partial charge in [-0.05, 0) is 29.9 Å². The molecule has 0 saturated heterocycles. The molecule has 0 fully saturated rings. The normalized spacial score (nSPS) is 17.1. The topological polar surface area (TPSA) is 0 Å². The molecular formula is C14H21F. The maximum atomic E-state index is 13.2. The van der Waals surface area contributed by atoms with Gasteiger partial charge in [0.15, 0.2) is 0 Å². The molecule has 0 nitrogen and oxygen atoms in total. The maximum absolute atomic E-state index is 13.2. The van der Waals surface area contributed by atoms with E-state index in [1.807, 2.05) is 18.2 Å². The van der Waals surface area contributed by atoms with E-state index in [0.717, 1.165) is 12.0 Å². The summed E-state index contributed by atoms with van der Waals surface area (Å²) in [6.07, 6.45) is 0.297. The smallest absolute Gasteiger partial charge is 0.122 e. The van der Waals surface area contributed by atoms with Crippen molar-refractivity contribution in [3.63, 3.8) is 0 Å². The van der Waals surface area contributed by atoms with Crippen LogP contribution in [0, 0.1) is 5.92 Å². The van der Waals surface area contributed by atoms with Crippen LogP contribution >= 0.6 is 0 Å². The van der Waals surface area contributed by atoms with Crippen LogP contribution in [0.4, 0.5) is 4.39 Å². The summed E-state index contributed by atoms with van der Waals surface area (Å²) in [4.78, 5) is 0. The van der Waals surface area contributed by atoms with Gasteiger partial charge in [-0.1, -0.05) is 51.5 Å². The zero-order chi connectivity index (χ0) is 11.4. The van der Waals surface area contributed by atoms with Crippen LogP contribution in [-0.4, -0.2) is 0 Å². The predicted molar refractivity (Wildman–Crippen MR) is 63.8 cm³/mol. The zero-order valence-electron chi connectivity index (χ0n) is 10.1. The molecule has 0 aliphatic carbocycles. The van der Waals surface area contributed by atoms with Crippen molar-refractivity contribution in [2.24, 2.45) is 5.92 Å². The Balaban J connectivity index is 2.90. The minimum Gasteiger partial charge on any atom is -0.243 e. The lowest BCUT2D eigenvalue weighted by molar-refractivity contribution is 0.373. The number of rotatable bonds is 4. The molecule has 0 N–H and O–H groups in total. The highest BCUT2D eigenvalue weighted by Crippen LogP contribution is 2.28. The summed E-state index contributed by atoms with van der Waals surface area (Å²) in [7, 11) is 0. The fourth-order valence-corrected chi connectivity index (χ4v) is 1.77. The van der Waals surface area contributed by atoms with Crippen molar-refractivity contribution in [2.75, 3.05) is 0 Å². The summed E-state index contributed by atoms with van der Waals surface area (Å²) in [5, 5.41) is 0. The van der Waals surface area contributed by atoms with Gasteiger partial charge in [0.25, 0.3) is 0 Å². The Morgan fingerprint density at radius 3 is 2.27 bits per heavy atom. The van der Waals surface area contributed by atoms with E-state index >= 15 is 0 Å². The summed E-state index contributed by atoms with van der Waals surface area (Å²) >= 11 is 0. The standard InChI is InChI=1S/C14H21F/c1-5-10(2)11(3)13-7-6-8-14(9-13)12(4)15/h6-12H,5H2,1-4H3. The molecule has 0 bridgehead atoms. The third-order valence-electron chi connectivity index (χ3n) is 3.39. The quantitative estimate of drug-likeness (QED) is 0.662. The summed E-state index contributed by atoms with van der Waals surface area (Å²) < 4.78 is 13.2. The first-order valence-electron chi connectivity index (χ1n) is 5.80. The van der Waals surface area contributed by atoms with Crippen molar-refractivity contribution in [1.82, 2.24) is 0 Å². The second-order valence-electron chi connectivity index (χ2n) is 4.46. The van der Waals surface area contributed by atoms with Crippen molar-refractivity contribution < 1.29 is 4.39 Å². The molecule has 1 heteroatoms. The Labute approximate surface area is 92.5 Å². The number of hydrogen-bond acceptors (Lipinski definition) is 0. The van der Waals surface area contributed by atoms with Gasteiger partial charge < -0.3 is 0 Å². The molecule has 0 aliphatic heterocycles. The molecule has 84 valence electrons. The van der Waals surface area contributed by atoms with Crippen LogP contribution in [0.25, 0.3) is 0 Å². The molecule has 0 aromatic heterocycles. The van der Waals surface area contributed by atoms with Crippen LogP contribution in [0.1, 0.15) is 57.3 Å². The second kappa shape index (κ2) is 5.29. The Morgan fingerprint density at radius 1 is 1.13 bits per heavy atom. The lowest BCUT2D eigenvalue weighted by Crippen LogP contribution is -2.05. The van der Waals surface area contributed by atoms with E-state index in [-0.39, 0.29) is 0 Å². The van der Waals surface area contributed by atoms with Crippen molar-refractivity contribution >= 4 is 0 Å². The Hall–Kier alpha value is -0.850. The summed E-state index contributed by atoms with van der Waals surface area (Å²) in [5.41, 5.74) is 2.05. The molecule has 1 aromatic carbocycles. The molecule has 1 rings (SSSR count). The van der Waals surface area contributed by atoms with Crippen molar-refractivity contribution in [1.29, 1.82) is 0 Å². The second-order valence-corrected chi connectivity index (χ2v) is 4.46. The highest BCUT2D eigenvalue weighted by Gasteiger charge is 2.13. The highest BCUT2D eigenvalue weighted by molar-refractivity contribution is 5.27. The van der Waals surface area contributed by atoms with E-state index in [4.69, 9.17) is 0 Å². The molecule has 3 unspecified atom stereocenters. The van der Waals surface area contributed by atoms with Gasteiger partial charge >= 0.3 is 0 Å². The van der Waals surface area contributed by atoms with Gasteiger partial charge in [-0.2, -0.15) is 0 Å². The maximum Gasteiger partial charge on any atom is 0.122 e. The first-order chi connectivity index (χ1) is 7.06. The van der Waals surface area contributed by atoms with E-state index in [9.17, 15) is 4.39 Å². The van der Waals surface area contributed by atoms with Crippen LogP contribution < -0.4 is 0 Å². The summed E-state index contributed by atoms with van der Waals surface area (Å²) in [5.74, 6) is 1.16. The monoisotopic (exact) mass is 208 g/mol. The average Bonchev–Trinajstić information content (AvgIpc) is 2.27. The predicted octanol–water partition coefficient (Wildman–Crippen LogP) is 4.87. The lowest BCUT2D eigenvalue weighted by Gasteiger charge is -2.19. The van der Waals surface area contributed by atoms with E-state index in [1.54, 1.807) is 6.92 Å². The molecule has 0 heterocycles. The van der Waals surface area contributed by atoms with Gasteiger partial charge in [-0.25, -0.2) is 4.39 Å². The number of halogens is 1. The van der Waals surface area contributed by atoms with Crippen molar-refractivity contribution in [2.45, 2.75) is 46.2 Å². The SMILES string of the molecule is CCC(C)C(C)c1cccc(C(C)F)c1. The summed E-state index contributed by atoms with van der Waals surface area (Å²) in [6, 6.07) is 7.92. The van der Waals surface area contributed by atoms with E-state index in [0.29, 0.717) is 11.8 Å². The van der Waals surface area contributed by atoms with Crippen molar-refractivity contribution in [3.8, 4) is 0 Å². The van der Waals surface area contributed by atoms with E-state index in [1.165, 1.54) is 5.56 Å². The molecule has 3 atom stereocenters. The largest absolute Gasteiger partial charge is 0.243 e.